The normalized spacial score (nSPS) is 19.7. The fraction of sp³-hybridized carbons (Fsp3) is 0.340. The molecule has 7 nitrogen and oxygen atoms in total. The highest BCUT2D eigenvalue weighted by Crippen LogP contribution is 2.61. The van der Waals surface area contributed by atoms with Gasteiger partial charge in [0.1, 0.15) is 11.5 Å². The van der Waals surface area contributed by atoms with Crippen LogP contribution in [0.1, 0.15) is 54.5 Å². The van der Waals surface area contributed by atoms with Crippen LogP contribution in [0, 0.1) is 6.57 Å². The van der Waals surface area contributed by atoms with Crippen molar-refractivity contribution in [1.82, 2.24) is 0 Å². The average Bonchev–Trinajstić information content (AvgIpc) is 3.56. The maximum absolute atomic E-state index is 7.94. The van der Waals surface area contributed by atoms with E-state index in [1.54, 1.807) is 18.9 Å². The minimum atomic E-state index is -0.907. The van der Waals surface area contributed by atoms with E-state index in [1.165, 1.54) is 43.9 Å². The van der Waals surface area contributed by atoms with Crippen LogP contribution in [0.4, 0.5) is 17.1 Å². The number of hydrogen-bond acceptors (Lipinski definition) is 7. The summed E-state index contributed by atoms with van der Waals surface area (Å²) in [4.78, 5) is 9.98. The van der Waals surface area contributed by atoms with Crippen molar-refractivity contribution < 1.29 is 18.9 Å². The van der Waals surface area contributed by atoms with Gasteiger partial charge in [0.2, 0.25) is 0 Å². The number of morpholine rings is 2. The van der Waals surface area contributed by atoms with Gasteiger partial charge in [-0.3, -0.25) is 0 Å². The molecule has 55 heavy (non-hydrogen) atoms. The summed E-state index contributed by atoms with van der Waals surface area (Å²) in [6, 6.07) is 28.4. The van der Waals surface area contributed by atoms with Gasteiger partial charge in [0.05, 0.1) is 45.8 Å². The van der Waals surface area contributed by atoms with Crippen molar-refractivity contribution in [2.45, 2.75) is 42.6 Å². The van der Waals surface area contributed by atoms with E-state index in [4.69, 9.17) is 25.5 Å². The van der Waals surface area contributed by atoms with Gasteiger partial charge in [-0.1, -0.05) is 62.4 Å². The first-order valence-electron chi connectivity index (χ1n) is 19.5. The van der Waals surface area contributed by atoms with Crippen LogP contribution in [0.5, 0.6) is 11.5 Å². The highest BCUT2D eigenvalue weighted by molar-refractivity contribution is 7.98. The van der Waals surface area contributed by atoms with Crippen LogP contribution >= 0.6 is 11.8 Å². The van der Waals surface area contributed by atoms with Crippen LogP contribution < -0.4 is 19.3 Å². The molecule has 0 bridgehead atoms. The predicted molar refractivity (Wildman–Crippen MR) is 225 cm³/mol. The number of rotatable bonds is 8. The van der Waals surface area contributed by atoms with Gasteiger partial charge < -0.3 is 28.7 Å². The third-order valence-corrected chi connectivity index (χ3v) is 13.3. The van der Waals surface area contributed by atoms with Gasteiger partial charge in [0, 0.05) is 64.3 Å². The molecule has 0 aromatic heterocycles. The Hall–Kier alpha value is -4.94. The van der Waals surface area contributed by atoms with Gasteiger partial charge >= 0.3 is 0 Å². The zero-order valence-electron chi connectivity index (χ0n) is 32.1. The van der Waals surface area contributed by atoms with E-state index in [-0.39, 0.29) is 5.41 Å². The quantitative estimate of drug-likeness (QED) is 0.116. The lowest BCUT2D eigenvalue weighted by Crippen LogP contribution is -2.37. The molecule has 5 aromatic carbocycles. The molecule has 0 saturated carbocycles. The van der Waals surface area contributed by atoms with E-state index in [2.05, 4.69) is 108 Å². The first-order chi connectivity index (χ1) is 27.0. The third kappa shape index (κ3) is 5.62. The number of ether oxygens (including phenoxy) is 4. The van der Waals surface area contributed by atoms with Crippen LogP contribution in [-0.2, 0) is 20.5 Å². The summed E-state index contributed by atoms with van der Waals surface area (Å²) in [5.41, 5.74) is 10.2. The Balaban J connectivity index is 1.32. The fourth-order valence-electron chi connectivity index (χ4n) is 9.54. The van der Waals surface area contributed by atoms with Crippen LogP contribution in [0.15, 0.2) is 89.8 Å². The molecule has 4 aliphatic rings. The lowest BCUT2D eigenvalue weighted by molar-refractivity contribution is 0.122. The zero-order chi connectivity index (χ0) is 37.7. The summed E-state index contributed by atoms with van der Waals surface area (Å²) in [5, 5.41) is 2.29. The van der Waals surface area contributed by atoms with Gasteiger partial charge in [-0.15, -0.1) is 11.8 Å². The van der Waals surface area contributed by atoms with Crippen molar-refractivity contribution in [2.75, 3.05) is 75.8 Å². The molecular formula is C47H47N3O4S. The molecule has 0 spiro atoms. The highest BCUT2D eigenvalue weighted by atomic mass is 32.2. The second kappa shape index (κ2) is 14.3. The molecule has 8 heteroatoms. The van der Waals surface area contributed by atoms with Gasteiger partial charge in [-0.25, -0.2) is 4.85 Å². The van der Waals surface area contributed by atoms with Crippen molar-refractivity contribution in [3.05, 3.63) is 124 Å². The van der Waals surface area contributed by atoms with E-state index < -0.39 is 5.60 Å². The second-order valence-electron chi connectivity index (χ2n) is 14.8. The molecule has 1 atom stereocenters. The number of fused-ring (bicyclic) bond motifs is 8. The summed E-state index contributed by atoms with van der Waals surface area (Å²) in [5.74, 6) is 1.70. The van der Waals surface area contributed by atoms with Gasteiger partial charge in [0.25, 0.3) is 0 Å². The maximum atomic E-state index is 7.94. The zero-order valence-corrected chi connectivity index (χ0v) is 32.9. The summed E-state index contributed by atoms with van der Waals surface area (Å²) in [6.07, 6.45) is 8.59. The SMILES string of the molecule is [C-]#[N+]c1ccc2c(c1)C(CC)(CC)c1c3c(c4cc(SC)c(N5CCOCC5)cc4c1-2)OC(c1ccc(OC)cc1)(c1ccc(N2CCOCC2)cc1)C=C3. The summed E-state index contributed by atoms with van der Waals surface area (Å²) < 4.78 is 24.8. The Bertz CT molecular complexity index is 2330. The van der Waals surface area contributed by atoms with Crippen molar-refractivity contribution in [3.63, 3.8) is 0 Å². The van der Waals surface area contributed by atoms with Crippen molar-refractivity contribution >= 4 is 45.7 Å². The van der Waals surface area contributed by atoms with E-state index in [0.29, 0.717) is 18.9 Å². The first-order valence-corrected chi connectivity index (χ1v) is 20.7. The van der Waals surface area contributed by atoms with Gasteiger partial charge in [0.15, 0.2) is 11.3 Å². The molecule has 0 N–H and O–H groups in total. The largest absolute Gasteiger partial charge is 0.497 e. The molecule has 0 radical (unpaired) electrons. The average molecular weight is 750 g/mol. The van der Waals surface area contributed by atoms with Gasteiger partial charge in [-0.2, -0.15) is 0 Å². The number of hydrogen-bond donors (Lipinski definition) is 0. The molecule has 2 fully saturated rings. The molecule has 280 valence electrons. The molecule has 9 rings (SSSR count). The molecule has 1 unspecified atom stereocenters. The number of benzene rings is 5. The minimum absolute atomic E-state index is 0.283. The van der Waals surface area contributed by atoms with Crippen LogP contribution in [-0.4, -0.2) is 66.0 Å². The topological polar surface area (TPSA) is 47.8 Å². The monoisotopic (exact) mass is 749 g/mol. The lowest BCUT2D eigenvalue weighted by Gasteiger charge is -2.40. The molecule has 3 heterocycles. The predicted octanol–water partition coefficient (Wildman–Crippen LogP) is 10.2. The van der Waals surface area contributed by atoms with E-state index in [1.807, 2.05) is 18.2 Å². The molecule has 1 aliphatic carbocycles. The smallest absolute Gasteiger partial charge is 0.187 e. The Kier molecular flexibility index (Phi) is 9.28. The summed E-state index contributed by atoms with van der Waals surface area (Å²) in [7, 11) is 1.70. The van der Waals surface area contributed by atoms with Crippen molar-refractivity contribution in [2.24, 2.45) is 0 Å². The second-order valence-corrected chi connectivity index (χ2v) is 15.7. The molecule has 3 aliphatic heterocycles. The fourth-order valence-corrected chi connectivity index (χ4v) is 10.2. The molecule has 5 aromatic rings. The number of nitrogens with zero attached hydrogens (tertiary/aromatic N) is 3. The third-order valence-electron chi connectivity index (χ3n) is 12.5. The van der Waals surface area contributed by atoms with Gasteiger partial charge in [-0.05, 0) is 89.2 Å². The summed E-state index contributed by atoms with van der Waals surface area (Å²) in [6.45, 7) is 18.9. The van der Waals surface area contributed by atoms with E-state index in [0.717, 1.165) is 85.8 Å². The maximum Gasteiger partial charge on any atom is 0.187 e. The first kappa shape index (κ1) is 35.7. The Morgan fingerprint density at radius 2 is 1.45 bits per heavy atom. The van der Waals surface area contributed by atoms with Crippen molar-refractivity contribution in [3.8, 4) is 22.6 Å². The molecular weight excluding hydrogens is 703 g/mol. The summed E-state index contributed by atoms with van der Waals surface area (Å²) >= 11 is 1.78. The van der Waals surface area contributed by atoms with Crippen LogP contribution in [0.3, 0.4) is 0 Å². The Morgan fingerprint density at radius 1 is 0.800 bits per heavy atom. The number of anilines is 2. The molecule has 0 amide bonds. The van der Waals surface area contributed by atoms with Crippen molar-refractivity contribution in [1.29, 1.82) is 0 Å². The lowest BCUT2D eigenvalue weighted by atomic mass is 9.71. The van der Waals surface area contributed by atoms with Crippen LogP contribution in [0.2, 0.25) is 0 Å². The number of thioether (sulfide) groups is 1. The standard InChI is InChI=1S/C47H47N3O4S/c1-6-46(7-2)40-28-33(48-3)12-17-36(40)43-38-29-41(50-22-26-53-27-23-50)42(55-5)30-39(38)45-37(44(43)46)18-19-47(54-45,32-10-15-35(51-4)16-11-32)31-8-13-34(14-9-31)49-20-24-52-25-21-49/h8-19,28-30H,6-7,20-27H2,1-2,4-5H3. The van der Waals surface area contributed by atoms with E-state index >= 15 is 0 Å². The van der Waals surface area contributed by atoms with E-state index in [9.17, 15) is 0 Å². The highest BCUT2D eigenvalue weighted by Gasteiger charge is 2.47. The van der Waals surface area contributed by atoms with Crippen LogP contribution in [0.25, 0.3) is 32.8 Å². The number of methoxy groups -OCH3 is 1. The Labute approximate surface area is 328 Å². The molecule has 2 saturated heterocycles. The minimum Gasteiger partial charge on any atom is -0.497 e. The Morgan fingerprint density at radius 3 is 2.07 bits per heavy atom.